The fraction of sp³-hybridized carbons (Fsp3) is 0.811. The van der Waals surface area contributed by atoms with Crippen LogP contribution in [0, 0.1) is 45.3 Å². The number of allylic oxidation sites excluding steroid dienone is 4. The number of fused-ring (bicyclic) bond motifs is 5. The molecule has 4 aliphatic rings. The predicted molar refractivity (Wildman–Crippen MR) is 172 cm³/mol. The van der Waals surface area contributed by atoms with Gasteiger partial charge in [0.1, 0.15) is 6.61 Å². The third-order valence-electron chi connectivity index (χ3n) is 10.2. The molecule has 240 valence electrons. The standard InChI is InChI=1S/C33H50O5.2C2H6/c1-20(2)38-27-17-33(9)24(23-11-10-21-16-22(34)14-15-32(21,8)28(23)27)12-13-25(33)26(35)18-37-29(36)31(6,7)19-30(3,4)5;2*1-2/h14-16,20,23-25,27-28H,10-13,17-19H2,1-9H3;2*1-2H3. The Morgan fingerprint density at radius 1 is 1.00 bits per heavy atom. The molecule has 5 heteroatoms. The molecule has 0 aromatic carbocycles. The number of carbonyl (C=O) groups is 3. The van der Waals surface area contributed by atoms with Crippen LogP contribution in [0.15, 0.2) is 23.8 Å². The minimum atomic E-state index is -0.632. The number of esters is 1. The number of hydrogen-bond donors (Lipinski definition) is 0. The van der Waals surface area contributed by atoms with Gasteiger partial charge >= 0.3 is 5.97 Å². The molecule has 0 aromatic heterocycles. The zero-order valence-electron chi connectivity index (χ0n) is 29.2. The second-order valence-corrected chi connectivity index (χ2v) is 15.2. The van der Waals surface area contributed by atoms with Crippen molar-refractivity contribution >= 4 is 17.5 Å². The van der Waals surface area contributed by atoms with Gasteiger partial charge in [-0.15, -0.1) is 0 Å². The summed E-state index contributed by atoms with van der Waals surface area (Å²) in [5.74, 6) is 0.876. The molecule has 5 nitrogen and oxygen atoms in total. The Morgan fingerprint density at radius 2 is 1.62 bits per heavy atom. The fourth-order valence-corrected chi connectivity index (χ4v) is 9.13. The Balaban J connectivity index is 0.00000148. The van der Waals surface area contributed by atoms with Crippen molar-refractivity contribution in [3.05, 3.63) is 23.8 Å². The van der Waals surface area contributed by atoms with Crippen molar-refractivity contribution in [1.82, 2.24) is 0 Å². The predicted octanol–water partition coefficient (Wildman–Crippen LogP) is 8.94. The summed E-state index contributed by atoms with van der Waals surface area (Å²) in [5, 5.41) is 0. The fourth-order valence-electron chi connectivity index (χ4n) is 9.13. The van der Waals surface area contributed by atoms with E-state index < -0.39 is 5.41 Å². The van der Waals surface area contributed by atoms with Gasteiger partial charge < -0.3 is 9.47 Å². The maximum Gasteiger partial charge on any atom is 0.311 e. The summed E-state index contributed by atoms with van der Waals surface area (Å²) >= 11 is 0. The van der Waals surface area contributed by atoms with Crippen molar-refractivity contribution in [3.63, 3.8) is 0 Å². The summed E-state index contributed by atoms with van der Waals surface area (Å²) in [6.07, 6.45) is 11.1. The summed E-state index contributed by atoms with van der Waals surface area (Å²) in [5.41, 5.74) is 0.231. The van der Waals surface area contributed by atoms with Crippen molar-refractivity contribution in [2.45, 2.75) is 141 Å². The van der Waals surface area contributed by atoms with E-state index in [2.05, 4.69) is 54.5 Å². The summed E-state index contributed by atoms with van der Waals surface area (Å²) in [7, 11) is 0. The van der Waals surface area contributed by atoms with E-state index in [1.165, 1.54) is 5.57 Å². The van der Waals surface area contributed by atoms with Crippen molar-refractivity contribution in [2.24, 2.45) is 45.3 Å². The maximum atomic E-state index is 13.7. The van der Waals surface area contributed by atoms with E-state index in [-0.39, 0.29) is 64.4 Å². The van der Waals surface area contributed by atoms with Crippen molar-refractivity contribution in [2.75, 3.05) is 6.61 Å². The molecule has 4 rings (SSSR count). The van der Waals surface area contributed by atoms with E-state index in [1.807, 2.05) is 47.6 Å². The third-order valence-corrected chi connectivity index (χ3v) is 10.2. The largest absolute Gasteiger partial charge is 0.457 e. The Hall–Kier alpha value is -1.75. The van der Waals surface area contributed by atoms with Crippen LogP contribution in [-0.4, -0.2) is 36.4 Å². The van der Waals surface area contributed by atoms with Gasteiger partial charge in [-0.3, -0.25) is 14.4 Å². The first kappa shape index (κ1) is 36.4. The van der Waals surface area contributed by atoms with E-state index in [4.69, 9.17) is 9.47 Å². The molecular weight excluding hydrogens is 524 g/mol. The number of hydrogen-bond acceptors (Lipinski definition) is 5. The van der Waals surface area contributed by atoms with Crippen LogP contribution in [-0.2, 0) is 23.9 Å². The van der Waals surface area contributed by atoms with Crippen LogP contribution in [0.2, 0.25) is 0 Å². The molecule has 4 aliphatic carbocycles. The molecule has 3 saturated carbocycles. The lowest BCUT2D eigenvalue weighted by atomic mass is 9.46. The van der Waals surface area contributed by atoms with Crippen LogP contribution in [0.4, 0.5) is 0 Å². The number of ether oxygens (including phenoxy) is 2. The molecule has 7 atom stereocenters. The van der Waals surface area contributed by atoms with Gasteiger partial charge in [0, 0.05) is 17.3 Å². The Kier molecular flexibility index (Phi) is 12.1. The molecule has 0 heterocycles. The SMILES string of the molecule is CC.CC.CC(C)OC1CC2(C)C(C(=O)COC(=O)C(C)(C)CC(C)(C)C)CCC2C2CCC3=CC(=O)C=CC3(C)C12. The minimum Gasteiger partial charge on any atom is -0.457 e. The highest BCUT2D eigenvalue weighted by Gasteiger charge is 2.63. The van der Waals surface area contributed by atoms with Gasteiger partial charge in [-0.2, -0.15) is 0 Å². The Labute approximate surface area is 257 Å². The zero-order valence-corrected chi connectivity index (χ0v) is 29.2. The van der Waals surface area contributed by atoms with Crippen LogP contribution in [0.1, 0.15) is 129 Å². The summed E-state index contributed by atoms with van der Waals surface area (Å²) in [6, 6.07) is 0. The Bertz CT molecular complexity index is 1030. The highest BCUT2D eigenvalue weighted by atomic mass is 16.5. The molecule has 0 aromatic rings. The van der Waals surface area contributed by atoms with Crippen LogP contribution >= 0.6 is 0 Å². The lowest BCUT2D eigenvalue weighted by molar-refractivity contribution is -0.166. The highest BCUT2D eigenvalue weighted by Crippen LogP contribution is 2.66. The maximum absolute atomic E-state index is 13.7. The van der Waals surface area contributed by atoms with Gasteiger partial charge in [-0.05, 0) is 101 Å². The smallest absolute Gasteiger partial charge is 0.311 e. The van der Waals surface area contributed by atoms with E-state index in [9.17, 15) is 14.4 Å². The first-order chi connectivity index (χ1) is 19.5. The first-order valence-corrected chi connectivity index (χ1v) is 16.8. The number of ketones is 2. The summed E-state index contributed by atoms with van der Waals surface area (Å²) < 4.78 is 12.3. The number of carbonyl (C=O) groups excluding carboxylic acids is 3. The number of Topliss-reactive ketones (excluding diaryl/α,β-unsaturated/α-hetero) is 1. The molecule has 42 heavy (non-hydrogen) atoms. The molecule has 0 aliphatic heterocycles. The topological polar surface area (TPSA) is 69.7 Å². The van der Waals surface area contributed by atoms with Crippen molar-refractivity contribution in [3.8, 4) is 0 Å². The summed E-state index contributed by atoms with van der Waals surface area (Å²) in [4.78, 5) is 38.8. The van der Waals surface area contributed by atoms with Gasteiger partial charge in [0.25, 0.3) is 0 Å². The molecule has 0 radical (unpaired) electrons. The van der Waals surface area contributed by atoms with Crippen LogP contribution < -0.4 is 0 Å². The molecule has 0 bridgehead atoms. The van der Waals surface area contributed by atoms with Crippen LogP contribution in [0.5, 0.6) is 0 Å². The summed E-state index contributed by atoms with van der Waals surface area (Å²) in [6.45, 7) is 26.8. The number of rotatable bonds is 7. The lowest BCUT2D eigenvalue weighted by Crippen LogP contribution is -2.57. The van der Waals surface area contributed by atoms with Crippen LogP contribution in [0.3, 0.4) is 0 Å². The molecule has 3 fully saturated rings. The third kappa shape index (κ3) is 7.48. The van der Waals surface area contributed by atoms with Gasteiger partial charge in [0.2, 0.25) is 0 Å². The van der Waals surface area contributed by atoms with E-state index in [0.717, 1.165) is 32.1 Å². The second kappa shape index (κ2) is 13.9. The first-order valence-electron chi connectivity index (χ1n) is 16.8. The zero-order chi connectivity index (χ0) is 32.3. The Morgan fingerprint density at radius 3 is 2.19 bits per heavy atom. The second-order valence-electron chi connectivity index (χ2n) is 15.2. The monoisotopic (exact) mass is 586 g/mol. The quantitative estimate of drug-likeness (QED) is 0.279. The highest BCUT2D eigenvalue weighted by molar-refractivity contribution is 6.01. The van der Waals surface area contributed by atoms with Crippen molar-refractivity contribution in [1.29, 1.82) is 0 Å². The van der Waals surface area contributed by atoms with Crippen molar-refractivity contribution < 1.29 is 23.9 Å². The van der Waals surface area contributed by atoms with Gasteiger partial charge in [-0.1, -0.05) is 74.0 Å². The van der Waals surface area contributed by atoms with E-state index in [0.29, 0.717) is 18.3 Å². The normalized spacial score (nSPS) is 33.6. The van der Waals surface area contributed by atoms with E-state index >= 15 is 0 Å². The molecule has 7 unspecified atom stereocenters. The average molecular weight is 587 g/mol. The van der Waals surface area contributed by atoms with Gasteiger partial charge in [-0.25, -0.2) is 0 Å². The van der Waals surface area contributed by atoms with E-state index in [1.54, 1.807) is 6.08 Å². The molecular formula is C37H62O5. The molecule has 0 amide bonds. The lowest BCUT2D eigenvalue weighted by Gasteiger charge is -2.59. The van der Waals surface area contributed by atoms with Gasteiger partial charge in [0.05, 0.1) is 17.6 Å². The molecule has 0 spiro atoms. The molecule has 0 saturated heterocycles. The minimum absolute atomic E-state index is 0.00472. The van der Waals surface area contributed by atoms with Gasteiger partial charge in [0.15, 0.2) is 11.6 Å². The van der Waals surface area contributed by atoms with Crippen LogP contribution in [0.25, 0.3) is 0 Å². The molecule has 0 N–H and O–H groups in total. The average Bonchev–Trinajstić information content (AvgIpc) is 3.24.